The van der Waals surface area contributed by atoms with Crippen molar-refractivity contribution in [2.24, 2.45) is 0 Å². The normalized spacial score (nSPS) is 8.50. The van der Waals surface area contributed by atoms with Crippen LogP contribution in [0.15, 0.2) is 24.4 Å². The first-order valence-electron chi connectivity index (χ1n) is 2.39. The summed E-state index contributed by atoms with van der Waals surface area (Å²) in [4.78, 5) is 3.92. The Morgan fingerprint density at radius 1 is 1.50 bits per heavy atom. The molecule has 0 unspecified atom stereocenters. The van der Waals surface area contributed by atoms with Gasteiger partial charge in [0.1, 0.15) is 7.17 Å². The minimum atomic E-state index is 0.813. The van der Waals surface area contributed by atoms with Crippen molar-refractivity contribution in [2.45, 2.75) is 0 Å². The van der Waals surface area contributed by atoms with Crippen LogP contribution >= 0.6 is 0 Å². The molecular formula is C5H4B2N. The first-order valence-corrected chi connectivity index (χ1v) is 2.39. The molecule has 0 atom stereocenters. The quantitative estimate of drug-likeness (QED) is 0.433. The lowest BCUT2D eigenvalue weighted by Crippen LogP contribution is -2.16. The number of aromatic nitrogens is 1. The molecular weight excluding hydrogens is 95.7 g/mol. The van der Waals surface area contributed by atoms with Crippen LogP contribution in [0.25, 0.3) is 0 Å². The molecule has 0 bridgehead atoms. The van der Waals surface area contributed by atoms with Crippen LogP contribution in [-0.2, 0) is 0 Å². The molecule has 1 aromatic rings. The third-order valence-corrected chi connectivity index (χ3v) is 0.859. The molecule has 0 spiro atoms. The highest BCUT2D eigenvalue weighted by molar-refractivity contribution is 6.97. The lowest BCUT2D eigenvalue weighted by molar-refractivity contribution is 1.39. The second-order valence-corrected chi connectivity index (χ2v) is 1.42. The van der Waals surface area contributed by atoms with Crippen LogP contribution in [0, 0.1) is 0 Å². The van der Waals surface area contributed by atoms with Crippen LogP contribution in [0.5, 0.6) is 0 Å². The fourth-order valence-corrected chi connectivity index (χ4v) is 0.475. The van der Waals surface area contributed by atoms with Crippen LogP contribution in [0.2, 0.25) is 0 Å². The van der Waals surface area contributed by atoms with E-state index < -0.39 is 0 Å². The number of hydrogen-bond donors (Lipinski definition) is 0. The predicted octanol–water partition coefficient (Wildman–Crippen LogP) is -0.505. The summed E-state index contributed by atoms with van der Waals surface area (Å²) in [7, 11) is 6.63. The van der Waals surface area contributed by atoms with Crippen LogP contribution in [0.3, 0.4) is 0 Å². The standard InChI is InChI=1S/C5H4B2N/c6-7-5-3-1-2-4-8-5/h1-4H. The zero-order valence-corrected chi connectivity index (χ0v) is 4.41. The van der Waals surface area contributed by atoms with Gasteiger partial charge in [0.15, 0.2) is 0 Å². The first kappa shape index (κ1) is 5.42. The highest BCUT2D eigenvalue weighted by Gasteiger charge is 1.83. The molecule has 3 radical (unpaired) electrons. The van der Waals surface area contributed by atoms with Crippen molar-refractivity contribution in [3.05, 3.63) is 24.4 Å². The lowest BCUT2D eigenvalue weighted by Gasteiger charge is -1.88. The molecule has 0 aliphatic carbocycles. The largest absolute Gasteiger partial charge is 0.273 e. The van der Waals surface area contributed by atoms with Crippen molar-refractivity contribution in [3.8, 4) is 0 Å². The van der Waals surface area contributed by atoms with Crippen molar-refractivity contribution in [1.29, 1.82) is 0 Å². The summed E-state index contributed by atoms with van der Waals surface area (Å²) in [5.41, 5.74) is 0.813. The van der Waals surface area contributed by atoms with Gasteiger partial charge >= 0.3 is 0 Å². The van der Waals surface area contributed by atoms with Crippen molar-refractivity contribution < 1.29 is 0 Å². The molecule has 0 amide bonds. The molecule has 0 aliphatic rings. The van der Waals surface area contributed by atoms with E-state index in [0.717, 1.165) is 5.59 Å². The minimum Gasteiger partial charge on any atom is -0.273 e. The zero-order chi connectivity index (χ0) is 5.82. The fraction of sp³-hybridized carbons (Fsp3) is 0. The van der Waals surface area contributed by atoms with Gasteiger partial charge in [-0.2, -0.15) is 0 Å². The van der Waals surface area contributed by atoms with Gasteiger partial charge in [0.2, 0.25) is 0 Å². The monoisotopic (exact) mass is 100 g/mol. The maximum atomic E-state index is 5.16. The average Bonchev–Trinajstić information content (AvgIpc) is 1.90. The number of pyridine rings is 1. The predicted molar refractivity (Wildman–Crippen MR) is 35.4 cm³/mol. The van der Waals surface area contributed by atoms with Gasteiger partial charge in [-0.25, -0.2) is 0 Å². The third kappa shape index (κ3) is 1.12. The Labute approximate surface area is 50.8 Å². The highest BCUT2D eigenvalue weighted by atomic mass is 14.6. The maximum Gasteiger partial charge on any atom is 0.121 e. The zero-order valence-electron chi connectivity index (χ0n) is 4.41. The Kier molecular flexibility index (Phi) is 1.73. The van der Waals surface area contributed by atoms with Gasteiger partial charge in [-0.15, -0.1) is 0 Å². The van der Waals surface area contributed by atoms with Crippen molar-refractivity contribution in [1.82, 2.24) is 4.98 Å². The Bertz CT molecular complexity index is 152. The Morgan fingerprint density at radius 3 is 2.75 bits per heavy atom. The molecule has 0 fully saturated rings. The van der Waals surface area contributed by atoms with E-state index in [9.17, 15) is 0 Å². The van der Waals surface area contributed by atoms with E-state index in [-0.39, 0.29) is 0 Å². The molecule has 1 aromatic heterocycles. The summed E-state index contributed by atoms with van der Waals surface area (Å²) >= 11 is 0. The summed E-state index contributed by atoms with van der Waals surface area (Å²) < 4.78 is 0. The smallest absolute Gasteiger partial charge is 0.121 e. The van der Waals surface area contributed by atoms with Crippen LogP contribution in [-0.4, -0.2) is 19.9 Å². The Hall–Kier alpha value is -0.720. The maximum absolute atomic E-state index is 5.16. The van der Waals surface area contributed by atoms with E-state index in [2.05, 4.69) is 4.98 Å². The molecule has 1 nitrogen and oxygen atoms in total. The van der Waals surface area contributed by atoms with Crippen LogP contribution < -0.4 is 5.59 Å². The third-order valence-electron chi connectivity index (χ3n) is 0.859. The van der Waals surface area contributed by atoms with E-state index in [1.165, 1.54) is 7.17 Å². The topological polar surface area (TPSA) is 12.9 Å². The SMILES string of the molecule is [B][B]c1ccccn1. The molecule has 0 saturated heterocycles. The highest BCUT2D eigenvalue weighted by Crippen LogP contribution is 1.72. The molecule has 0 N–H and O–H groups in total. The molecule has 1 heterocycles. The summed E-state index contributed by atoms with van der Waals surface area (Å²) in [5.74, 6) is 0. The van der Waals surface area contributed by atoms with Crippen LogP contribution in [0.4, 0.5) is 0 Å². The summed E-state index contributed by atoms with van der Waals surface area (Å²) in [5, 5.41) is 0. The first-order chi connectivity index (χ1) is 3.93. The summed E-state index contributed by atoms with van der Waals surface area (Å²) in [6.07, 6.45) is 1.71. The van der Waals surface area contributed by atoms with E-state index >= 15 is 0 Å². The molecule has 0 saturated carbocycles. The molecule has 0 aliphatic heterocycles. The van der Waals surface area contributed by atoms with Gasteiger partial charge in [-0.3, -0.25) is 4.98 Å². The van der Waals surface area contributed by atoms with E-state index in [4.69, 9.17) is 7.74 Å². The minimum absolute atomic E-state index is 0.813. The lowest BCUT2D eigenvalue weighted by atomic mass is 9.53. The average molecular weight is 99.7 g/mol. The second-order valence-electron chi connectivity index (χ2n) is 1.42. The number of hydrogen-bond acceptors (Lipinski definition) is 1. The van der Waals surface area contributed by atoms with Crippen molar-refractivity contribution in [3.63, 3.8) is 0 Å². The Morgan fingerprint density at radius 2 is 2.38 bits per heavy atom. The molecule has 3 heteroatoms. The second kappa shape index (κ2) is 2.55. The van der Waals surface area contributed by atoms with Gasteiger partial charge in [0.25, 0.3) is 0 Å². The van der Waals surface area contributed by atoms with E-state index in [1.807, 2.05) is 18.2 Å². The summed E-state index contributed by atoms with van der Waals surface area (Å²) in [6.45, 7) is 0. The van der Waals surface area contributed by atoms with Crippen LogP contribution in [0.1, 0.15) is 0 Å². The molecule has 35 valence electrons. The number of nitrogens with zero attached hydrogens (tertiary/aromatic N) is 1. The van der Waals surface area contributed by atoms with Gasteiger partial charge in [-0.1, -0.05) is 12.1 Å². The van der Waals surface area contributed by atoms with Gasteiger partial charge in [0.05, 0.1) is 0 Å². The fourth-order valence-electron chi connectivity index (χ4n) is 0.475. The molecule has 0 aromatic carbocycles. The van der Waals surface area contributed by atoms with E-state index in [1.54, 1.807) is 6.20 Å². The Balaban J connectivity index is 2.83. The summed E-state index contributed by atoms with van der Waals surface area (Å²) in [6, 6.07) is 5.60. The van der Waals surface area contributed by atoms with Gasteiger partial charge in [0, 0.05) is 13.9 Å². The van der Waals surface area contributed by atoms with E-state index in [0.29, 0.717) is 0 Å². The van der Waals surface area contributed by atoms with Crippen molar-refractivity contribution >= 4 is 20.5 Å². The van der Waals surface area contributed by atoms with Gasteiger partial charge in [-0.05, 0) is 11.7 Å². The number of rotatable bonds is 1. The van der Waals surface area contributed by atoms with Crippen molar-refractivity contribution in [2.75, 3.05) is 0 Å². The molecule has 8 heavy (non-hydrogen) atoms. The molecule has 1 rings (SSSR count). The van der Waals surface area contributed by atoms with Gasteiger partial charge < -0.3 is 0 Å².